The zero-order chi connectivity index (χ0) is 21.1. The molecular formula is C22H34N4O2S. The first-order valence-electron chi connectivity index (χ1n) is 10.6. The maximum absolute atomic E-state index is 13.2. The van der Waals surface area contributed by atoms with Crippen molar-refractivity contribution in [3.63, 3.8) is 0 Å². The minimum absolute atomic E-state index is 0.0132. The highest BCUT2D eigenvalue weighted by Crippen LogP contribution is 2.32. The molecule has 0 unspecified atom stereocenters. The largest absolute Gasteiger partial charge is 0.340 e. The van der Waals surface area contributed by atoms with Crippen LogP contribution in [0.3, 0.4) is 0 Å². The van der Waals surface area contributed by atoms with Crippen molar-refractivity contribution in [3.8, 4) is 10.7 Å². The van der Waals surface area contributed by atoms with Crippen LogP contribution in [-0.4, -0.2) is 44.6 Å². The van der Waals surface area contributed by atoms with E-state index in [1.165, 1.54) is 0 Å². The smallest absolute Gasteiger partial charge is 0.227 e. The van der Waals surface area contributed by atoms with Crippen LogP contribution in [0.5, 0.6) is 0 Å². The van der Waals surface area contributed by atoms with Gasteiger partial charge in [0, 0.05) is 36.5 Å². The van der Waals surface area contributed by atoms with Gasteiger partial charge in [-0.2, -0.15) is 4.98 Å². The topological polar surface area (TPSA) is 71.3 Å². The zero-order valence-electron chi connectivity index (χ0n) is 18.3. The molecular weight excluding hydrogens is 384 g/mol. The van der Waals surface area contributed by atoms with E-state index in [1.807, 2.05) is 17.5 Å². The molecule has 0 bridgehead atoms. The molecule has 3 rings (SSSR count). The van der Waals surface area contributed by atoms with E-state index in [9.17, 15) is 4.79 Å². The molecule has 0 aromatic carbocycles. The minimum Gasteiger partial charge on any atom is -0.340 e. The Labute approximate surface area is 178 Å². The van der Waals surface area contributed by atoms with Gasteiger partial charge < -0.3 is 14.7 Å². The Morgan fingerprint density at radius 3 is 2.66 bits per heavy atom. The summed E-state index contributed by atoms with van der Waals surface area (Å²) in [6.45, 7) is 11.9. The van der Waals surface area contributed by atoms with Crippen molar-refractivity contribution in [2.45, 2.75) is 90.3 Å². The van der Waals surface area contributed by atoms with Crippen molar-refractivity contribution in [2.24, 2.45) is 0 Å². The van der Waals surface area contributed by atoms with Gasteiger partial charge in [0.15, 0.2) is 0 Å². The number of hydrogen-bond donors (Lipinski definition) is 1. The molecule has 1 saturated heterocycles. The Morgan fingerprint density at radius 1 is 1.31 bits per heavy atom. The van der Waals surface area contributed by atoms with E-state index in [0.29, 0.717) is 24.6 Å². The van der Waals surface area contributed by atoms with Crippen molar-refractivity contribution < 1.29 is 9.32 Å². The number of unbranched alkanes of at least 4 members (excludes halogenated alkanes) is 1. The predicted molar refractivity (Wildman–Crippen MR) is 117 cm³/mol. The molecule has 1 amide bonds. The van der Waals surface area contributed by atoms with Gasteiger partial charge in [0.05, 0.1) is 4.88 Å². The van der Waals surface area contributed by atoms with E-state index in [0.717, 1.165) is 37.1 Å². The molecule has 1 aliphatic heterocycles. The molecule has 2 aromatic heterocycles. The molecule has 0 saturated carbocycles. The van der Waals surface area contributed by atoms with Crippen LogP contribution >= 0.6 is 11.3 Å². The highest BCUT2D eigenvalue weighted by atomic mass is 32.1. The Balaban J connectivity index is 1.66. The van der Waals surface area contributed by atoms with Crippen LogP contribution < -0.4 is 5.32 Å². The molecule has 1 aliphatic rings. The first-order chi connectivity index (χ1) is 13.7. The third-order valence-electron chi connectivity index (χ3n) is 5.44. The summed E-state index contributed by atoms with van der Waals surface area (Å²) in [5.41, 5.74) is 0.0263. The number of rotatable bonds is 8. The number of carbonyl (C=O) groups excluding carboxylic acids is 1. The summed E-state index contributed by atoms with van der Waals surface area (Å²) >= 11 is 1.58. The predicted octanol–water partition coefficient (Wildman–Crippen LogP) is 4.67. The average molecular weight is 419 g/mol. The molecule has 0 aliphatic carbocycles. The van der Waals surface area contributed by atoms with E-state index >= 15 is 0 Å². The van der Waals surface area contributed by atoms with Gasteiger partial charge in [-0.25, -0.2) is 0 Å². The van der Waals surface area contributed by atoms with E-state index in [2.05, 4.69) is 55.0 Å². The first kappa shape index (κ1) is 22.0. The third-order valence-corrected chi connectivity index (χ3v) is 6.31. The maximum Gasteiger partial charge on any atom is 0.227 e. The van der Waals surface area contributed by atoms with Crippen LogP contribution in [0.25, 0.3) is 10.7 Å². The van der Waals surface area contributed by atoms with Crippen LogP contribution in [0.15, 0.2) is 22.0 Å². The van der Waals surface area contributed by atoms with Gasteiger partial charge in [0.25, 0.3) is 0 Å². The second-order valence-electron chi connectivity index (χ2n) is 9.38. The quantitative estimate of drug-likeness (QED) is 0.674. The number of nitrogens with zero attached hydrogens (tertiary/aromatic N) is 3. The monoisotopic (exact) mass is 418 g/mol. The van der Waals surface area contributed by atoms with E-state index in [-0.39, 0.29) is 23.0 Å². The summed E-state index contributed by atoms with van der Waals surface area (Å²) in [5.74, 6) is 1.32. The number of carbonyl (C=O) groups is 1. The van der Waals surface area contributed by atoms with E-state index in [1.54, 1.807) is 11.3 Å². The number of thiophene rings is 1. The number of nitrogens with one attached hydrogen (secondary N) is 1. The molecule has 160 valence electrons. The number of hydrogen-bond acceptors (Lipinski definition) is 6. The zero-order valence-corrected chi connectivity index (χ0v) is 19.1. The van der Waals surface area contributed by atoms with Gasteiger partial charge in [0.2, 0.25) is 17.6 Å². The summed E-state index contributed by atoms with van der Waals surface area (Å²) in [6.07, 6.45) is 4.93. The minimum atomic E-state index is 0.0132. The first-order valence-corrected chi connectivity index (χ1v) is 11.5. The number of aromatic nitrogens is 2. The second-order valence-corrected chi connectivity index (χ2v) is 10.3. The Kier molecular flexibility index (Phi) is 6.79. The van der Waals surface area contributed by atoms with Crippen molar-refractivity contribution in [1.29, 1.82) is 0 Å². The van der Waals surface area contributed by atoms with Crippen LogP contribution in [0.4, 0.5) is 0 Å². The van der Waals surface area contributed by atoms with Crippen molar-refractivity contribution in [1.82, 2.24) is 20.4 Å². The molecule has 1 fully saturated rings. The molecule has 6 nitrogen and oxygen atoms in total. The van der Waals surface area contributed by atoms with Crippen LogP contribution in [0, 0.1) is 0 Å². The fraction of sp³-hybridized carbons (Fsp3) is 0.682. The molecule has 29 heavy (non-hydrogen) atoms. The maximum atomic E-state index is 13.2. The van der Waals surface area contributed by atoms with Crippen LogP contribution in [0.1, 0.15) is 72.6 Å². The van der Waals surface area contributed by atoms with Gasteiger partial charge in [-0.1, -0.05) is 24.6 Å². The molecule has 0 radical (unpaired) electrons. The van der Waals surface area contributed by atoms with E-state index < -0.39 is 0 Å². The second kappa shape index (κ2) is 8.96. The standard InChI is InChI=1S/C22H34N4O2S/c1-6-7-12-26(16-14-21(2,3)25-22(4,5)15-16)19(27)11-10-18-23-20(24-28-18)17-9-8-13-29-17/h8-9,13,16,25H,6-7,10-12,14-15H2,1-5H3. The number of aryl methyl sites for hydroxylation is 1. The highest BCUT2D eigenvalue weighted by Gasteiger charge is 2.40. The van der Waals surface area contributed by atoms with Crippen LogP contribution in [-0.2, 0) is 11.2 Å². The molecule has 0 atom stereocenters. The normalized spacial score (nSPS) is 18.7. The van der Waals surface area contributed by atoms with Gasteiger partial charge >= 0.3 is 0 Å². The van der Waals surface area contributed by atoms with Crippen molar-refractivity contribution in [2.75, 3.05) is 6.54 Å². The summed E-state index contributed by atoms with van der Waals surface area (Å²) in [6, 6.07) is 4.19. The molecule has 3 heterocycles. The lowest BCUT2D eigenvalue weighted by atomic mass is 9.79. The Bertz CT molecular complexity index is 782. The van der Waals surface area contributed by atoms with Gasteiger partial charge in [-0.05, 0) is 58.4 Å². The lowest BCUT2D eigenvalue weighted by Gasteiger charge is -2.49. The lowest BCUT2D eigenvalue weighted by molar-refractivity contribution is -0.135. The number of piperidine rings is 1. The van der Waals surface area contributed by atoms with Gasteiger partial charge in [-0.3, -0.25) is 4.79 Å². The lowest BCUT2D eigenvalue weighted by Crippen LogP contribution is -2.62. The van der Waals surface area contributed by atoms with Crippen molar-refractivity contribution >= 4 is 17.2 Å². The molecule has 1 N–H and O–H groups in total. The Morgan fingerprint density at radius 2 is 2.03 bits per heavy atom. The summed E-state index contributed by atoms with van der Waals surface area (Å²) in [7, 11) is 0. The molecule has 0 spiro atoms. The molecule has 7 heteroatoms. The van der Waals surface area contributed by atoms with Gasteiger partial charge in [0.1, 0.15) is 0 Å². The fourth-order valence-corrected chi connectivity index (χ4v) is 5.20. The SMILES string of the molecule is CCCCN(C(=O)CCc1nc(-c2cccs2)no1)C1CC(C)(C)NC(C)(C)C1. The Hall–Kier alpha value is -1.73. The van der Waals surface area contributed by atoms with E-state index in [4.69, 9.17) is 4.52 Å². The summed E-state index contributed by atoms with van der Waals surface area (Å²) in [4.78, 5) is 20.8. The van der Waals surface area contributed by atoms with Crippen LogP contribution in [0.2, 0.25) is 0 Å². The highest BCUT2D eigenvalue weighted by molar-refractivity contribution is 7.13. The van der Waals surface area contributed by atoms with Gasteiger partial charge in [-0.15, -0.1) is 11.3 Å². The molecule has 2 aromatic rings. The summed E-state index contributed by atoms with van der Waals surface area (Å²) in [5, 5.41) is 9.75. The summed E-state index contributed by atoms with van der Waals surface area (Å²) < 4.78 is 5.38. The number of amides is 1. The van der Waals surface area contributed by atoms with Crippen molar-refractivity contribution in [3.05, 3.63) is 23.4 Å². The third kappa shape index (κ3) is 5.89. The average Bonchev–Trinajstić information content (AvgIpc) is 3.29. The fourth-order valence-electron chi connectivity index (χ4n) is 4.55.